The number of aliphatic hydroxyl groups is 1. The Bertz CT molecular complexity index is 1310. The number of esters is 1. The van der Waals surface area contributed by atoms with Crippen LogP contribution in [0, 0.1) is 23.7 Å². The molecular weight excluding hydrogens is 610 g/mol. The Labute approximate surface area is 286 Å². The molecule has 0 heterocycles. The Hall–Kier alpha value is -3.42. The zero-order valence-electron chi connectivity index (χ0n) is 28.8. The van der Waals surface area contributed by atoms with E-state index in [1.54, 1.807) is 14.0 Å². The molecule has 0 aromatic heterocycles. The molecule has 1 atom stereocenters. The SMILES string of the molecule is C=C(C)C=O.C=C(CO)C(=O)OCC(CCOC)C1CCC(C2CCC(c3ccc(-c4ccc(CCC=C(F)F)cc4)cc3)CC2)CC1. The molecule has 0 amide bonds. The number of halogens is 2. The maximum atomic E-state index is 12.3. The van der Waals surface area contributed by atoms with Gasteiger partial charge in [-0.05, 0) is 141 Å². The normalized spacial score (nSPS) is 21.2. The third-order valence-electron chi connectivity index (χ3n) is 10.1. The van der Waals surface area contributed by atoms with Crippen LogP contribution in [0.25, 0.3) is 11.1 Å². The summed E-state index contributed by atoms with van der Waals surface area (Å²) in [5.74, 6) is 2.53. The Balaban J connectivity index is 0.00000116. The average Bonchev–Trinajstić information content (AvgIpc) is 3.12. The molecule has 0 spiro atoms. The maximum absolute atomic E-state index is 12.3. The van der Waals surface area contributed by atoms with Gasteiger partial charge < -0.3 is 14.6 Å². The van der Waals surface area contributed by atoms with E-state index in [9.17, 15) is 18.4 Å². The average molecular weight is 665 g/mol. The second-order valence-electron chi connectivity index (χ2n) is 13.5. The monoisotopic (exact) mass is 664 g/mol. The summed E-state index contributed by atoms with van der Waals surface area (Å²) in [6.07, 6.45) is 11.9. The Morgan fingerprint density at radius 3 is 1.96 bits per heavy atom. The van der Waals surface area contributed by atoms with Crippen molar-refractivity contribution in [3.8, 4) is 11.1 Å². The molecule has 7 heteroatoms. The molecule has 262 valence electrons. The zero-order chi connectivity index (χ0) is 34.9. The van der Waals surface area contributed by atoms with Crippen LogP contribution in [0.4, 0.5) is 8.78 Å². The molecule has 0 radical (unpaired) electrons. The van der Waals surface area contributed by atoms with E-state index in [1.165, 1.54) is 62.5 Å². The van der Waals surface area contributed by atoms with Gasteiger partial charge in [0.25, 0.3) is 6.08 Å². The first-order valence-corrected chi connectivity index (χ1v) is 17.4. The predicted molar refractivity (Wildman–Crippen MR) is 189 cm³/mol. The quantitative estimate of drug-likeness (QED) is 0.117. The first kappa shape index (κ1) is 39.0. The van der Waals surface area contributed by atoms with Gasteiger partial charge in [0.15, 0.2) is 0 Å². The number of hydrogen-bond acceptors (Lipinski definition) is 5. The van der Waals surface area contributed by atoms with Gasteiger partial charge in [-0.15, -0.1) is 0 Å². The minimum atomic E-state index is -1.61. The van der Waals surface area contributed by atoms with Gasteiger partial charge in [-0.25, -0.2) is 4.79 Å². The van der Waals surface area contributed by atoms with Gasteiger partial charge in [-0.3, -0.25) is 4.79 Å². The molecule has 2 aromatic rings. The lowest BCUT2D eigenvalue weighted by atomic mass is 9.66. The van der Waals surface area contributed by atoms with Gasteiger partial charge in [0.1, 0.15) is 6.29 Å². The van der Waals surface area contributed by atoms with Crippen LogP contribution in [0.1, 0.15) is 88.2 Å². The van der Waals surface area contributed by atoms with Crippen LogP contribution in [0.15, 0.2) is 85.0 Å². The van der Waals surface area contributed by atoms with Crippen molar-refractivity contribution < 1.29 is 33.0 Å². The molecule has 2 fully saturated rings. The molecule has 48 heavy (non-hydrogen) atoms. The fourth-order valence-electron chi connectivity index (χ4n) is 7.24. The number of methoxy groups -OCH3 is 1. The smallest absolute Gasteiger partial charge is 0.335 e. The third kappa shape index (κ3) is 12.9. The fourth-order valence-corrected chi connectivity index (χ4v) is 7.24. The summed E-state index contributed by atoms with van der Waals surface area (Å²) in [5.41, 5.74) is 5.52. The molecule has 1 unspecified atom stereocenters. The number of aliphatic hydroxyl groups excluding tert-OH is 1. The molecule has 2 aliphatic carbocycles. The lowest BCUT2D eigenvalue weighted by Crippen LogP contribution is -2.30. The summed E-state index contributed by atoms with van der Waals surface area (Å²) in [4.78, 5) is 21.4. The highest BCUT2D eigenvalue weighted by atomic mass is 19.3. The number of carbonyl (C=O) groups excluding carboxylic acids is 2. The van der Waals surface area contributed by atoms with E-state index in [1.807, 2.05) is 12.1 Å². The van der Waals surface area contributed by atoms with Crippen molar-refractivity contribution in [1.82, 2.24) is 0 Å². The largest absolute Gasteiger partial charge is 0.462 e. The molecular formula is C41H54F2O5. The Morgan fingerprint density at radius 1 is 0.917 bits per heavy atom. The third-order valence-corrected chi connectivity index (χ3v) is 10.1. The summed E-state index contributed by atoms with van der Waals surface area (Å²) in [5, 5.41) is 9.15. The number of hydrogen-bond donors (Lipinski definition) is 1. The summed E-state index contributed by atoms with van der Waals surface area (Å²) in [6, 6.07) is 17.3. The molecule has 0 aliphatic heterocycles. The second-order valence-corrected chi connectivity index (χ2v) is 13.5. The van der Waals surface area contributed by atoms with Crippen molar-refractivity contribution in [1.29, 1.82) is 0 Å². The first-order valence-electron chi connectivity index (χ1n) is 17.4. The summed E-state index contributed by atoms with van der Waals surface area (Å²) >= 11 is 0. The van der Waals surface area contributed by atoms with E-state index in [2.05, 4.69) is 49.6 Å². The number of benzene rings is 2. The molecule has 5 nitrogen and oxygen atoms in total. The summed E-state index contributed by atoms with van der Waals surface area (Å²) in [6.45, 7) is 9.19. The van der Waals surface area contributed by atoms with Gasteiger partial charge in [-0.1, -0.05) is 61.7 Å². The van der Waals surface area contributed by atoms with E-state index in [0.29, 0.717) is 43.5 Å². The molecule has 0 bridgehead atoms. The standard InChI is InChI=1S/C37H48F2O4.C4H6O/c1-26(24-40)37(41)43-25-35(22-23-42-2)34-20-18-33(19-21-34)32-16-14-31(15-17-32)30-12-10-29(11-13-30)28-8-6-27(7-9-28)4-3-5-36(38)39;1-4(2)3-5/h5-13,31-35,40H,1,3-4,14-25H2,2H3;3H,1H2,2H3. The highest BCUT2D eigenvalue weighted by Gasteiger charge is 2.34. The van der Waals surface area contributed by atoms with Crippen molar-refractivity contribution in [3.05, 3.63) is 96.1 Å². The number of rotatable bonds is 15. The van der Waals surface area contributed by atoms with Crippen molar-refractivity contribution in [3.63, 3.8) is 0 Å². The molecule has 2 aliphatic rings. The van der Waals surface area contributed by atoms with Gasteiger partial charge in [-0.2, -0.15) is 8.78 Å². The molecule has 1 N–H and O–H groups in total. The van der Waals surface area contributed by atoms with Crippen LogP contribution in [-0.2, 0) is 25.5 Å². The van der Waals surface area contributed by atoms with Crippen molar-refractivity contribution in [2.24, 2.45) is 23.7 Å². The van der Waals surface area contributed by atoms with E-state index in [4.69, 9.17) is 14.6 Å². The predicted octanol–water partition coefficient (Wildman–Crippen LogP) is 9.65. The maximum Gasteiger partial charge on any atom is 0.335 e. The van der Waals surface area contributed by atoms with E-state index in [-0.39, 0.29) is 18.1 Å². The molecule has 2 aromatic carbocycles. The van der Waals surface area contributed by atoms with Gasteiger partial charge in [0.2, 0.25) is 0 Å². The van der Waals surface area contributed by atoms with E-state index < -0.39 is 12.0 Å². The minimum absolute atomic E-state index is 0.104. The lowest BCUT2D eigenvalue weighted by molar-refractivity contribution is -0.141. The van der Waals surface area contributed by atoms with Gasteiger partial charge >= 0.3 is 5.97 Å². The number of allylic oxidation sites excluding steroid dienone is 2. The van der Waals surface area contributed by atoms with E-state index >= 15 is 0 Å². The highest BCUT2D eigenvalue weighted by molar-refractivity contribution is 5.87. The fraction of sp³-hybridized carbons (Fsp3) is 0.512. The number of aryl methyl sites for hydroxylation is 1. The van der Waals surface area contributed by atoms with Crippen LogP contribution < -0.4 is 0 Å². The van der Waals surface area contributed by atoms with Crippen LogP contribution >= 0.6 is 0 Å². The molecule has 4 rings (SSSR count). The minimum Gasteiger partial charge on any atom is -0.462 e. The Kier molecular flexibility index (Phi) is 16.9. The van der Waals surface area contributed by atoms with Crippen LogP contribution in [0.5, 0.6) is 0 Å². The van der Waals surface area contributed by atoms with Crippen molar-refractivity contribution in [2.45, 2.75) is 83.5 Å². The van der Waals surface area contributed by atoms with Crippen LogP contribution in [-0.4, -0.2) is 44.3 Å². The van der Waals surface area contributed by atoms with Crippen LogP contribution in [0.3, 0.4) is 0 Å². The summed E-state index contributed by atoms with van der Waals surface area (Å²) in [7, 11) is 1.71. The number of aldehydes is 1. The van der Waals surface area contributed by atoms with Gasteiger partial charge in [0, 0.05) is 13.7 Å². The number of ether oxygens (including phenoxy) is 2. The van der Waals surface area contributed by atoms with Crippen molar-refractivity contribution in [2.75, 3.05) is 26.9 Å². The highest BCUT2D eigenvalue weighted by Crippen LogP contribution is 2.45. The molecule has 2 saturated carbocycles. The topological polar surface area (TPSA) is 72.8 Å². The summed E-state index contributed by atoms with van der Waals surface area (Å²) < 4.78 is 35.4. The van der Waals surface area contributed by atoms with Crippen molar-refractivity contribution >= 4 is 12.3 Å². The number of carbonyl (C=O) groups is 2. The second kappa shape index (κ2) is 20.8. The van der Waals surface area contributed by atoms with Crippen LogP contribution in [0.2, 0.25) is 0 Å². The molecule has 0 saturated heterocycles. The zero-order valence-corrected chi connectivity index (χ0v) is 28.8. The first-order chi connectivity index (χ1) is 23.1. The lowest BCUT2D eigenvalue weighted by Gasteiger charge is -2.39. The van der Waals surface area contributed by atoms with Gasteiger partial charge in [0.05, 0.1) is 18.8 Å². The Morgan fingerprint density at radius 2 is 1.46 bits per heavy atom. The van der Waals surface area contributed by atoms with E-state index in [0.717, 1.165) is 41.7 Å².